The molecule has 0 fully saturated rings. The smallest absolute Gasteiger partial charge is 0.163 e. The van der Waals surface area contributed by atoms with Crippen molar-refractivity contribution in [3.05, 3.63) is 51.9 Å². The van der Waals surface area contributed by atoms with Crippen molar-refractivity contribution in [2.45, 2.75) is 13.3 Å². The first-order chi connectivity index (χ1) is 12.1. The van der Waals surface area contributed by atoms with Gasteiger partial charge in [0.25, 0.3) is 0 Å². The van der Waals surface area contributed by atoms with E-state index in [-0.39, 0.29) is 0 Å². The number of hydrogen-bond donors (Lipinski definition) is 4. The fraction of sp³-hybridized carbons (Fsp3) is 0.294. The molecule has 0 unspecified atom stereocenters. The number of halogens is 2. The Bertz CT molecular complexity index is 778. The van der Waals surface area contributed by atoms with Gasteiger partial charge in [-0.05, 0) is 37.6 Å². The summed E-state index contributed by atoms with van der Waals surface area (Å²) in [5.41, 5.74) is 7.71. The lowest BCUT2D eigenvalue weighted by Gasteiger charge is -2.11. The van der Waals surface area contributed by atoms with Gasteiger partial charge in [0.05, 0.1) is 5.02 Å². The van der Waals surface area contributed by atoms with Gasteiger partial charge in [-0.25, -0.2) is 15.4 Å². The minimum Gasteiger partial charge on any atom is -0.371 e. The molecule has 132 valence electrons. The Morgan fingerprint density at radius 1 is 1.12 bits per heavy atom. The van der Waals surface area contributed by atoms with E-state index < -0.39 is 0 Å². The second-order valence-corrected chi connectivity index (χ2v) is 6.52. The predicted molar refractivity (Wildman–Crippen MR) is 103 cm³/mol. The summed E-state index contributed by atoms with van der Waals surface area (Å²) >= 11 is 12.2. The quantitative estimate of drug-likeness (QED) is 0.554. The number of hydrogen-bond acceptors (Lipinski definition) is 6. The molecular formula is C17H20Cl2N6. The summed E-state index contributed by atoms with van der Waals surface area (Å²) in [7, 11) is 0. The van der Waals surface area contributed by atoms with E-state index in [2.05, 4.69) is 37.5 Å². The van der Waals surface area contributed by atoms with Crippen molar-refractivity contribution in [3.63, 3.8) is 0 Å². The minimum atomic E-state index is 0.541. The van der Waals surface area contributed by atoms with E-state index in [0.717, 1.165) is 49.0 Å². The van der Waals surface area contributed by atoms with Crippen LogP contribution in [0.25, 0.3) is 11.4 Å². The lowest BCUT2D eigenvalue weighted by molar-refractivity contribution is 0.628. The standard InChI is InChI=1S/C17H20Cl2N6/c1-11-9-16(21-7-2-6-20-15-5-8-22-25-15)24-17(23-11)13-4-3-12(18)10-14(13)19/h3-5,9-10,20,22,25H,2,6-8H2,1H3,(H,21,23,24). The average molecular weight is 379 g/mol. The van der Waals surface area contributed by atoms with Crippen molar-refractivity contribution in [2.75, 3.05) is 25.0 Å². The normalized spacial score (nSPS) is 13.3. The van der Waals surface area contributed by atoms with Gasteiger partial charge >= 0.3 is 0 Å². The molecule has 8 heteroatoms. The number of nitrogens with one attached hydrogen (secondary N) is 4. The third-order valence-corrected chi connectivity index (χ3v) is 4.18. The van der Waals surface area contributed by atoms with Crippen LogP contribution >= 0.6 is 23.2 Å². The molecule has 0 amide bonds. The zero-order valence-corrected chi connectivity index (χ0v) is 15.4. The Morgan fingerprint density at radius 2 is 1.96 bits per heavy atom. The van der Waals surface area contributed by atoms with Gasteiger partial charge in [0, 0.05) is 42.0 Å². The number of aryl methyl sites for hydroxylation is 1. The molecule has 1 aromatic carbocycles. The summed E-state index contributed by atoms with van der Waals surface area (Å²) in [5, 5.41) is 7.78. The molecule has 0 spiro atoms. The van der Waals surface area contributed by atoms with Crippen LogP contribution in [0.3, 0.4) is 0 Å². The monoisotopic (exact) mass is 378 g/mol. The van der Waals surface area contributed by atoms with E-state index in [9.17, 15) is 0 Å². The Labute approximate surface area is 157 Å². The Morgan fingerprint density at radius 3 is 2.72 bits per heavy atom. The van der Waals surface area contributed by atoms with Crippen molar-refractivity contribution < 1.29 is 0 Å². The van der Waals surface area contributed by atoms with Gasteiger partial charge in [0.1, 0.15) is 11.6 Å². The van der Waals surface area contributed by atoms with E-state index in [1.54, 1.807) is 12.1 Å². The molecule has 0 radical (unpaired) electrons. The molecule has 0 saturated heterocycles. The van der Waals surface area contributed by atoms with E-state index in [0.29, 0.717) is 15.9 Å². The third-order valence-electron chi connectivity index (χ3n) is 3.63. The Kier molecular flexibility index (Phi) is 5.96. The maximum Gasteiger partial charge on any atom is 0.163 e. The van der Waals surface area contributed by atoms with Crippen LogP contribution in [0.5, 0.6) is 0 Å². The first-order valence-corrected chi connectivity index (χ1v) is 8.85. The van der Waals surface area contributed by atoms with Crippen molar-refractivity contribution in [2.24, 2.45) is 0 Å². The van der Waals surface area contributed by atoms with Gasteiger partial charge in [-0.1, -0.05) is 23.2 Å². The van der Waals surface area contributed by atoms with Crippen molar-refractivity contribution in [1.82, 2.24) is 26.1 Å². The molecule has 0 atom stereocenters. The number of benzene rings is 1. The first kappa shape index (κ1) is 17.8. The summed E-state index contributed by atoms with van der Waals surface area (Å²) in [6.07, 6.45) is 3.03. The van der Waals surface area contributed by atoms with Gasteiger partial charge in [0.2, 0.25) is 0 Å². The summed E-state index contributed by atoms with van der Waals surface area (Å²) in [6, 6.07) is 7.24. The second-order valence-electron chi connectivity index (χ2n) is 5.67. The largest absolute Gasteiger partial charge is 0.371 e. The predicted octanol–water partition coefficient (Wildman–Crippen LogP) is 3.10. The number of aromatic nitrogens is 2. The summed E-state index contributed by atoms with van der Waals surface area (Å²) < 4.78 is 0. The second kappa shape index (κ2) is 8.38. The molecule has 0 bridgehead atoms. The summed E-state index contributed by atoms with van der Waals surface area (Å²) in [6.45, 7) is 4.45. The highest BCUT2D eigenvalue weighted by molar-refractivity contribution is 6.36. The van der Waals surface area contributed by atoms with Crippen LogP contribution in [0.4, 0.5) is 5.82 Å². The van der Waals surface area contributed by atoms with Crippen molar-refractivity contribution >= 4 is 29.0 Å². The van der Waals surface area contributed by atoms with Crippen molar-refractivity contribution in [1.29, 1.82) is 0 Å². The molecule has 0 saturated carbocycles. The highest BCUT2D eigenvalue weighted by Crippen LogP contribution is 2.28. The molecule has 0 aliphatic carbocycles. The maximum absolute atomic E-state index is 6.27. The zero-order chi connectivity index (χ0) is 17.6. The van der Waals surface area contributed by atoms with E-state index in [1.165, 1.54) is 0 Å². The summed E-state index contributed by atoms with van der Waals surface area (Å²) in [4.78, 5) is 9.04. The fourth-order valence-electron chi connectivity index (χ4n) is 2.45. The van der Waals surface area contributed by atoms with Crippen molar-refractivity contribution in [3.8, 4) is 11.4 Å². The highest BCUT2D eigenvalue weighted by Gasteiger charge is 2.09. The average Bonchev–Trinajstić information content (AvgIpc) is 3.07. The molecule has 1 aliphatic heterocycles. The van der Waals surface area contributed by atoms with Gasteiger partial charge in [-0.2, -0.15) is 0 Å². The van der Waals surface area contributed by atoms with Gasteiger partial charge < -0.3 is 16.1 Å². The lowest BCUT2D eigenvalue weighted by Crippen LogP contribution is -2.31. The number of anilines is 1. The van der Waals surface area contributed by atoms with Crippen LogP contribution in [-0.4, -0.2) is 29.6 Å². The van der Waals surface area contributed by atoms with Gasteiger partial charge in [-0.15, -0.1) is 0 Å². The topological polar surface area (TPSA) is 73.9 Å². The van der Waals surface area contributed by atoms with Gasteiger partial charge in [0.15, 0.2) is 5.82 Å². The van der Waals surface area contributed by atoms with Crippen LogP contribution in [0.1, 0.15) is 12.1 Å². The van der Waals surface area contributed by atoms with Crippen LogP contribution < -0.4 is 21.5 Å². The van der Waals surface area contributed by atoms with Crippen LogP contribution in [0.15, 0.2) is 36.2 Å². The molecule has 2 heterocycles. The van der Waals surface area contributed by atoms with Crippen LogP contribution in [0.2, 0.25) is 10.0 Å². The fourth-order valence-corrected chi connectivity index (χ4v) is 2.94. The third kappa shape index (κ3) is 4.98. The number of hydrazine groups is 1. The highest BCUT2D eigenvalue weighted by atomic mass is 35.5. The minimum absolute atomic E-state index is 0.541. The first-order valence-electron chi connectivity index (χ1n) is 8.10. The Hall–Kier alpha value is -2.02. The summed E-state index contributed by atoms with van der Waals surface area (Å²) in [5.74, 6) is 2.40. The van der Waals surface area contributed by atoms with E-state index in [1.807, 2.05) is 19.1 Å². The molecular weight excluding hydrogens is 359 g/mol. The molecule has 25 heavy (non-hydrogen) atoms. The van der Waals surface area contributed by atoms with E-state index >= 15 is 0 Å². The number of nitrogens with zero attached hydrogens (tertiary/aromatic N) is 2. The molecule has 1 aliphatic rings. The van der Waals surface area contributed by atoms with Crippen LogP contribution in [0, 0.1) is 6.92 Å². The molecule has 3 rings (SSSR count). The lowest BCUT2D eigenvalue weighted by atomic mass is 10.2. The van der Waals surface area contributed by atoms with E-state index in [4.69, 9.17) is 23.2 Å². The molecule has 2 aromatic rings. The van der Waals surface area contributed by atoms with Gasteiger partial charge in [-0.3, -0.25) is 0 Å². The molecule has 1 aromatic heterocycles. The van der Waals surface area contributed by atoms with Crippen LogP contribution in [-0.2, 0) is 0 Å². The Balaban J connectivity index is 1.59. The molecule has 6 nitrogen and oxygen atoms in total. The molecule has 4 N–H and O–H groups in total. The number of rotatable bonds is 7. The zero-order valence-electron chi connectivity index (χ0n) is 13.9. The SMILES string of the molecule is Cc1cc(NCCCNC2=CCNN2)nc(-c2ccc(Cl)cc2Cl)n1. The maximum atomic E-state index is 6.27.